The summed E-state index contributed by atoms with van der Waals surface area (Å²) in [7, 11) is 1.59. The molecule has 176 valence electrons. The SMILES string of the molecule is C=C1CC[C@@H]2[C@](C)(CC[C@H]3O[C@H](C=C(C)C)C[C@@]23C)[C@@H]1Cc1c(OC)oc(C)c(C)c1=O. The van der Waals surface area contributed by atoms with Crippen LogP contribution in [-0.2, 0) is 11.2 Å². The van der Waals surface area contributed by atoms with Crippen LogP contribution < -0.4 is 10.2 Å². The standard InChI is InChI=1S/C28H40O4/c1-16(2)13-20-15-28(7)23-10-9-17(3)22(27(23,6)12-11-24(28)32-20)14-21-25(29)18(4)19(5)31-26(21)30-8/h13,20,22-24H,3,9-12,14-15H2,1-2,4-8H3/t20-,22-,23-,24-,27-,28+/m1/s1. The van der Waals surface area contributed by atoms with Crippen LogP contribution >= 0.6 is 0 Å². The lowest BCUT2D eigenvalue weighted by Gasteiger charge is -2.59. The van der Waals surface area contributed by atoms with Crippen molar-refractivity contribution in [1.82, 2.24) is 0 Å². The maximum atomic E-state index is 13.2. The molecule has 1 saturated heterocycles. The number of rotatable bonds is 4. The molecule has 0 unspecified atom stereocenters. The quantitative estimate of drug-likeness (QED) is 0.514. The zero-order valence-electron chi connectivity index (χ0n) is 21.0. The third-order valence-corrected chi connectivity index (χ3v) is 9.04. The molecule has 0 amide bonds. The molecule has 0 aromatic carbocycles. The summed E-state index contributed by atoms with van der Waals surface area (Å²) in [6.45, 7) is 17.4. The van der Waals surface area contributed by atoms with Gasteiger partial charge in [0.25, 0.3) is 5.95 Å². The fraction of sp³-hybridized carbons (Fsp3) is 0.679. The molecule has 1 aromatic heterocycles. The summed E-state index contributed by atoms with van der Waals surface area (Å²) in [4.78, 5) is 13.2. The Morgan fingerprint density at radius 2 is 1.94 bits per heavy atom. The molecular formula is C28H40O4. The fourth-order valence-electron chi connectivity index (χ4n) is 7.31. The second kappa shape index (κ2) is 8.20. The zero-order valence-corrected chi connectivity index (χ0v) is 21.0. The van der Waals surface area contributed by atoms with Gasteiger partial charge in [0.05, 0.1) is 24.9 Å². The molecule has 1 aromatic rings. The van der Waals surface area contributed by atoms with E-state index in [0.717, 1.165) is 32.1 Å². The molecule has 4 nitrogen and oxygen atoms in total. The third-order valence-electron chi connectivity index (χ3n) is 9.04. The topological polar surface area (TPSA) is 48.7 Å². The van der Waals surface area contributed by atoms with E-state index in [1.165, 1.54) is 11.1 Å². The second-order valence-corrected chi connectivity index (χ2v) is 11.3. The fourth-order valence-corrected chi connectivity index (χ4v) is 7.31. The first-order chi connectivity index (χ1) is 15.0. The number of allylic oxidation sites excluding steroid dienone is 2. The predicted octanol–water partition coefficient (Wildman–Crippen LogP) is 6.32. The highest BCUT2D eigenvalue weighted by Gasteiger charge is 2.61. The van der Waals surface area contributed by atoms with E-state index in [1.54, 1.807) is 7.11 Å². The van der Waals surface area contributed by atoms with Crippen molar-refractivity contribution in [3.63, 3.8) is 0 Å². The first-order valence-corrected chi connectivity index (χ1v) is 12.2. The lowest BCUT2D eigenvalue weighted by molar-refractivity contribution is -0.110. The molecule has 32 heavy (non-hydrogen) atoms. The molecule has 2 aliphatic carbocycles. The zero-order chi connectivity index (χ0) is 23.4. The van der Waals surface area contributed by atoms with Crippen LogP contribution in [-0.4, -0.2) is 19.3 Å². The first-order valence-electron chi connectivity index (χ1n) is 12.2. The lowest BCUT2D eigenvalue weighted by Crippen LogP contribution is -2.54. The van der Waals surface area contributed by atoms with E-state index in [9.17, 15) is 4.79 Å². The van der Waals surface area contributed by atoms with Gasteiger partial charge in [-0.3, -0.25) is 4.79 Å². The van der Waals surface area contributed by atoms with Crippen molar-refractivity contribution in [1.29, 1.82) is 0 Å². The van der Waals surface area contributed by atoms with Crippen molar-refractivity contribution < 1.29 is 13.9 Å². The minimum absolute atomic E-state index is 0.0526. The maximum Gasteiger partial charge on any atom is 0.291 e. The number of methoxy groups -OCH3 is 1. The van der Waals surface area contributed by atoms with Crippen LogP contribution in [0.1, 0.15) is 76.7 Å². The van der Waals surface area contributed by atoms with Gasteiger partial charge in [0.15, 0.2) is 5.43 Å². The largest absolute Gasteiger partial charge is 0.468 e. The Hall–Kier alpha value is -1.81. The van der Waals surface area contributed by atoms with Gasteiger partial charge in [0, 0.05) is 5.56 Å². The Morgan fingerprint density at radius 1 is 1.22 bits per heavy atom. The minimum atomic E-state index is 0.0526. The van der Waals surface area contributed by atoms with E-state index in [2.05, 4.69) is 40.3 Å². The van der Waals surface area contributed by atoms with E-state index < -0.39 is 0 Å². The van der Waals surface area contributed by atoms with Crippen molar-refractivity contribution in [3.05, 3.63) is 50.9 Å². The predicted molar refractivity (Wildman–Crippen MR) is 128 cm³/mol. The van der Waals surface area contributed by atoms with Crippen LogP contribution in [0.3, 0.4) is 0 Å². The molecule has 0 spiro atoms. The number of aryl methyl sites for hydroxylation is 1. The molecule has 6 atom stereocenters. The Morgan fingerprint density at radius 3 is 2.59 bits per heavy atom. The van der Waals surface area contributed by atoms with Gasteiger partial charge in [-0.25, -0.2) is 0 Å². The summed E-state index contributed by atoms with van der Waals surface area (Å²) in [6.07, 6.45) is 8.88. The number of hydrogen-bond donors (Lipinski definition) is 0. The Balaban J connectivity index is 1.71. The molecule has 0 N–H and O–H groups in total. The molecule has 3 aliphatic rings. The molecular weight excluding hydrogens is 400 g/mol. The molecule has 1 aliphatic heterocycles. The van der Waals surface area contributed by atoms with Crippen molar-refractivity contribution in [3.8, 4) is 5.95 Å². The molecule has 0 radical (unpaired) electrons. The van der Waals surface area contributed by atoms with Crippen molar-refractivity contribution >= 4 is 0 Å². The monoisotopic (exact) mass is 440 g/mol. The van der Waals surface area contributed by atoms with Crippen LogP contribution in [0.2, 0.25) is 0 Å². The van der Waals surface area contributed by atoms with Gasteiger partial charge in [-0.05, 0) is 88.9 Å². The summed E-state index contributed by atoms with van der Waals surface area (Å²) < 4.78 is 18.0. The Bertz CT molecular complexity index is 997. The van der Waals surface area contributed by atoms with Crippen molar-refractivity contribution in [2.75, 3.05) is 7.11 Å². The summed E-state index contributed by atoms with van der Waals surface area (Å²) in [6, 6.07) is 0. The maximum absolute atomic E-state index is 13.2. The van der Waals surface area contributed by atoms with E-state index in [0.29, 0.717) is 41.3 Å². The molecule has 2 heterocycles. The Labute approximate surface area is 193 Å². The highest BCUT2D eigenvalue weighted by Crippen LogP contribution is 2.65. The van der Waals surface area contributed by atoms with Gasteiger partial charge in [-0.15, -0.1) is 0 Å². The molecule has 4 rings (SSSR count). The van der Waals surface area contributed by atoms with E-state index in [-0.39, 0.29) is 28.3 Å². The van der Waals surface area contributed by atoms with Gasteiger partial charge in [0.1, 0.15) is 5.76 Å². The highest BCUT2D eigenvalue weighted by atomic mass is 16.6. The van der Waals surface area contributed by atoms with E-state index in [4.69, 9.17) is 13.9 Å². The summed E-state index contributed by atoms with van der Waals surface area (Å²) >= 11 is 0. The summed E-state index contributed by atoms with van der Waals surface area (Å²) in [5.74, 6) is 1.78. The average Bonchev–Trinajstić information content (AvgIpc) is 3.04. The highest BCUT2D eigenvalue weighted by molar-refractivity contribution is 5.33. The van der Waals surface area contributed by atoms with E-state index in [1.807, 2.05) is 13.8 Å². The van der Waals surface area contributed by atoms with Crippen LogP contribution in [0, 0.1) is 36.5 Å². The van der Waals surface area contributed by atoms with Gasteiger partial charge >= 0.3 is 0 Å². The summed E-state index contributed by atoms with van der Waals surface area (Å²) in [5, 5.41) is 0. The first kappa shape index (κ1) is 23.4. The van der Waals surface area contributed by atoms with Crippen molar-refractivity contribution in [2.24, 2.45) is 22.7 Å². The average molecular weight is 441 g/mol. The van der Waals surface area contributed by atoms with E-state index >= 15 is 0 Å². The normalized spacial score (nSPS) is 36.4. The number of ether oxygens (including phenoxy) is 2. The van der Waals surface area contributed by atoms with Gasteiger partial charge in [0.2, 0.25) is 0 Å². The smallest absolute Gasteiger partial charge is 0.291 e. The van der Waals surface area contributed by atoms with Gasteiger partial charge in [-0.2, -0.15) is 0 Å². The van der Waals surface area contributed by atoms with Crippen LogP contribution in [0.15, 0.2) is 33.0 Å². The van der Waals surface area contributed by atoms with Gasteiger partial charge < -0.3 is 13.9 Å². The minimum Gasteiger partial charge on any atom is -0.468 e. The van der Waals surface area contributed by atoms with Crippen LogP contribution in [0.5, 0.6) is 5.95 Å². The lowest BCUT2D eigenvalue weighted by atomic mass is 9.45. The Kier molecular flexibility index (Phi) is 5.98. The van der Waals surface area contributed by atoms with Crippen molar-refractivity contribution in [2.45, 2.75) is 92.3 Å². The second-order valence-electron chi connectivity index (χ2n) is 11.3. The number of fused-ring (bicyclic) bond motifs is 3. The molecule has 2 saturated carbocycles. The third kappa shape index (κ3) is 3.59. The molecule has 4 heteroatoms. The molecule has 3 fully saturated rings. The molecule has 0 bridgehead atoms. The van der Waals surface area contributed by atoms with Crippen LogP contribution in [0.25, 0.3) is 0 Å². The number of hydrogen-bond acceptors (Lipinski definition) is 4. The summed E-state index contributed by atoms with van der Waals surface area (Å²) in [5.41, 5.74) is 4.22. The van der Waals surface area contributed by atoms with Gasteiger partial charge in [-0.1, -0.05) is 37.6 Å². The van der Waals surface area contributed by atoms with Crippen LogP contribution in [0.4, 0.5) is 0 Å².